The van der Waals surface area contributed by atoms with Crippen molar-refractivity contribution < 1.29 is 28.8 Å². The van der Waals surface area contributed by atoms with Gasteiger partial charge in [0.1, 0.15) is 22.9 Å². The first-order chi connectivity index (χ1) is 20.6. The van der Waals surface area contributed by atoms with Crippen LogP contribution >= 0.6 is 11.8 Å². The van der Waals surface area contributed by atoms with Crippen molar-refractivity contribution in [2.75, 3.05) is 49.8 Å². The molecule has 4 aliphatic rings. The van der Waals surface area contributed by atoms with E-state index in [0.717, 1.165) is 42.3 Å². The smallest absolute Gasteiger partial charge is 0.407 e. The van der Waals surface area contributed by atoms with Crippen molar-refractivity contribution in [1.82, 2.24) is 20.3 Å². The zero-order chi connectivity index (χ0) is 30.4. The topological polar surface area (TPSA) is 131 Å². The molecule has 0 aromatic carbocycles. The van der Waals surface area contributed by atoms with Crippen molar-refractivity contribution in [3.05, 3.63) is 24.2 Å². The number of amides is 1. The Bertz CT molecular complexity index is 1330. The zero-order valence-corrected chi connectivity index (χ0v) is 26.4. The molecule has 13 heteroatoms. The largest absolute Gasteiger partial charge is 0.486 e. The summed E-state index contributed by atoms with van der Waals surface area (Å²) in [6, 6.07) is 2.05. The number of methoxy groups -OCH3 is 1. The molecule has 43 heavy (non-hydrogen) atoms. The van der Waals surface area contributed by atoms with Gasteiger partial charge in [-0.3, -0.25) is 0 Å². The number of rotatable bonds is 6. The lowest BCUT2D eigenvalue weighted by atomic mass is 9.73. The van der Waals surface area contributed by atoms with E-state index < -0.39 is 11.7 Å². The maximum absolute atomic E-state index is 12.6. The van der Waals surface area contributed by atoms with Crippen LogP contribution < -0.4 is 19.9 Å². The van der Waals surface area contributed by atoms with Crippen LogP contribution in [0.4, 0.5) is 16.4 Å². The van der Waals surface area contributed by atoms with Crippen molar-refractivity contribution in [1.29, 1.82) is 0 Å². The van der Waals surface area contributed by atoms with E-state index in [-0.39, 0.29) is 36.3 Å². The number of aromatic nitrogens is 3. The third-order valence-electron chi connectivity index (χ3n) is 8.91. The molecule has 4 atom stereocenters. The number of carbonyl (C=O) groups excluding carboxylic acids is 1. The fraction of sp³-hybridized carbons (Fsp3) is 0.667. The number of anilines is 2. The van der Waals surface area contributed by atoms with Gasteiger partial charge in [0.05, 0.1) is 48.6 Å². The maximum Gasteiger partial charge on any atom is 0.407 e. The Balaban J connectivity index is 1.14. The molecule has 1 spiro atoms. The predicted molar refractivity (Wildman–Crippen MR) is 161 cm³/mol. The van der Waals surface area contributed by atoms with Crippen molar-refractivity contribution >= 4 is 29.5 Å². The van der Waals surface area contributed by atoms with Crippen LogP contribution in [-0.4, -0.2) is 96.0 Å². The molecule has 6 heterocycles. The van der Waals surface area contributed by atoms with Gasteiger partial charge in [-0.15, -0.1) is 0 Å². The SMILES string of the molecule is COC1CC2COc3c(Sc4cnc(N5CCC6(CC5)COC(C)C6NC(=O)OC(C)(C)C)c(CO)n4)ccnc3N2C1. The second-order valence-corrected chi connectivity index (χ2v) is 14.0. The van der Waals surface area contributed by atoms with E-state index in [9.17, 15) is 9.90 Å². The Hall–Kier alpha value is -2.87. The fourth-order valence-corrected chi connectivity index (χ4v) is 7.58. The molecule has 0 saturated carbocycles. The minimum absolute atomic E-state index is 0.108. The molecule has 2 aromatic heterocycles. The van der Waals surface area contributed by atoms with Crippen LogP contribution in [-0.2, 0) is 20.8 Å². The number of pyridine rings is 1. The highest BCUT2D eigenvalue weighted by Crippen LogP contribution is 2.45. The van der Waals surface area contributed by atoms with Crippen molar-refractivity contribution in [3.8, 4) is 5.75 Å². The lowest BCUT2D eigenvalue weighted by Gasteiger charge is -2.43. The number of fused-ring (bicyclic) bond motifs is 3. The van der Waals surface area contributed by atoms with Crippen LogP contribution in [0.25, 0.3) is 0 Å². The molecule has 1 amide bonds. The quantitative estimate of drug-likeness (QED) is 0.494. The Morgan fingerprint density at radius 3 is 2.77 bits per heavy atom. The Labute approximate surface area is 256 Å². The first-order valence-electron chi connectivity index (χ1n) is 15.0. The van der Waals surface area contributed by atoms with E-state index in [1.54, 1.807) is 19.5 Å². The molecule has 2 aromatic rings. The molecule has 3 fully saturated rings. The number of hydrogen-bond donors (Lipinski definition) is 2. The maximum atomic E-state index is 12.6. The van der Waals surface area contributed by atoms with Crippen LogP contribution in [0.1, 0.15) is 52.7 Å². The van der Waals surface area contributed by atoms with E-state index in [4.69, 9.17) is 28.9 Å². The third kappa shape index (κ3) is 6.09. The molecule has 4 unspecified atom stereocenters. The molecule has 0 radical (unpaired) electrons. The van der Waals surface area contributed by atoms with Crippen LogP contribution in [0.3, 0.4) is 0 Å². The van der Waals surface area contributed by atoms with Gasteiger partial charge in [0.15, 0.2) is 17.4 Å². The van der Waals surface area contributed by atoms with Crippen LogP contribution in [0.2, 0.25) is 0 Å². The minimum Gasteiger partial charge on any atom is -0.486 e. The number of aliphatic hydroxyl groups excluding tert-OH is 1. The summed E-state index contributed by atoms with van der Waals surface area (Å²) in [6.07, 6.45) is 5.74. The summed E-state index contributed by atoms with van der Waals surface area (Å²) in [5, 5.41) is 14.1. The molecular formula is C30H42N6O6S. The number of carbonyl (C=O) groups is 1. The van der Waals surface area contributed by atoms with Gasteiger partial charge in [0.2, 0.25) is 0 Å². The number of alkyl carbamates (subject to hydrolysis) is 1. The molecule has 2 N–H and O–H groups in total. The van der Waals surface area contributed by atoms with Gasteiger partial charge in [-0.25, -0.2) is 19.7 Å². The number of nitrogens with one attached hydrogen (secondary N) is 1. The van der Waals surface area contributed by atoms with E-state index in [1.165, 1.54) is 11.8 Å². The number of hydrogen-bond acceptors (Lipinski definition) is 12. The van der Waals surface area contributed by atoms with Crippen molar-refractivity contribution in [2.45, 2.75) is 93.4 Å². The predicted octanol–water partition coefficient (Wildman–Crippen LogP) is 3.40. The molecule has 12 nitrogen and oxygen atoms in total. The highest BCUT2D eigenvalue weighted by molar-refractivity contribution is 7.99. The molecule has 0 bridgehead atoms. The Kier molecular flexibility index (Phi) is 8.35. The van der Waals surface area contributed by atoms with Crippen LogP contribution in [0, 0.1) is 5.41 Å². The molecular weight excluding hydrogens is 572 g/mol. The first kappa shape index (κ1) is 30.2. The summed E-state index contributed by atoms with van der Waals surface area (Å²) < 4.78 is 23.4. The van der Waals surface area contributed by atoms with Crippen LogP contribution in [0.15, 0.2) is 28.4 Å². The van der Waals surface area contributed by atoms with Gasteiger partial charge in [0.25, 0.3) is 0 Å². The molecule has 234 valence electrons. The molecule has 3 saturated heterocycles. The summed E-state index contributed by atoms with van der Waals surface area (Å²) in [5.41, 5.74) is -0.221. The third-order valence-corrected chi connectivity index (χ3v) is 9.86. The van der Waals surface area contributed by atoms with Crippen molar-refractivity contribution in [3.63, 3.8) is 0 Å². The number of ether oxygens (including phenoxy) is 4. The van der Waals surface area contributed by atoms with Gasteiger partial charge in [-0.2, -0.15) is 0 Å². The summed E-state index contributed by atoms with van der Waals surface area (Å²) in [6.45, 7) is 10.7. The monoisotopic (exact) mass is 614 g/mol. The van der Waals surface area contributed by atoms with E-state index in [0.29, 0.717) is 42.8 Å². The zero-order valence-electron chi connectivity index (χ0n) is 25.5. The van der Waals surface area contributed by atoms with Gasteiger partial charge in [0, 0.05) is 38.4 Å². The normalized spacial score (nSPS) is 26.2. The second-order valence-electron chi connectivity index (χ2n) is 12.9. The Morgan fingerprint density at radius 2 is 2.05 bits per heavy atom. The molecule has 0 aliphatic carbocycles. The fourth-order valence-electron chi connectivity index (χ4n) is 6.72. The average molecular weight is 615 g/mol. The first-order valence-corrected chi connectivity index (χ1v) is 15.8. The minimum atomic E-state index is -0.568. The van der Waals surface area contributed by atoms with Gasteiger partial charge < -0.3 is 39.2 Å². The second kappa shape index (κ2) is 11.9. The standard InChI is InChI=1S/C30H42N6O6S/c1-18-25(34-28(38)42-29(2,3)4)30(17-41-18)7-10-35(11-8-30)26-21(15-37)33-23(13-32-26)43-22-6-9-31-27-24(22)40-16-19-12-20(39-5)14-36(19)27/h6,9,13,18-20,25,37H,7-8,10-12,14-17H2,1-5H3,(H,34,38). The number of aliphatic hydroxyl groups is 1. The number of piperidine rings is 1. The lowest BCUT2D eigenvalue weighted by molar-refractivity contribution is 0.0434. The lowest BCUT2D eigenvalue weighted by Crippen LogP contribution is -2.55. The van der Waals surface area contributed by atoms with E-state index in [2.05, 4.69) is 20.1 Å². The Morgan fingerprint density at radius 1 is 1.26 bits per heavy atom. The van der Waals surface area contributed by atoms with Gasteiger partial charge in [-0.05, 0) is 53.0 Å². The van der Waals surface area contributed by atoms with Gasteiger partial charge >= 0.3 is 6.09 Å². The number of nitrogens with zero attached hydrogens (tertiary/aromatic N) is 5. The highest BCUT2D eigenvalue weighted by Gasteiger charge is 2.51. The highest BCUT2D eigenvalue weighted by atomic mass is 32.2. The molecule has 6 rings (SSSR count). The van der Waals surface area contributed by atoms with E-state index in [1.807, 2.05) is 33.8 Å². The van der Waals surface area contributed by atoms with Gasteiger partial charge in [-0.1, -0.05) is 11.8 Å². The average Bonchev–Trinajstić information content (AvgIpc) is 3.54. The van der Waals surface area contributed by atoms with E-state index >= 15 is 0 Å². The summed E-state index contributed by atoms with van der Waals surface area (Å²) >= 11 is 1.46. The summed E-state index contributed by atoms with van der Waals surface area (Å²) in [5.74, 6) is 2.27. The molecule has 4 aliphatic heterocycles. The summed E-state index contributed by atoms with van der Waals surface area (Å²) in [7, 11) is 1.75. The van der Waals surface area contributed by atoms with Crippen LogP contribution in [0.5, 0.6) is 5.75 Å². The van der Waals surface area contributed by atoms with Crippen molar-refractivity contribution in [2.24, 2.45) is 5.41 Å². The summed E-state index contributed by atoms with van der Waals surface area (Å²) in [4.78, 5) is 32.2.